The summed E-state index contributed by atoms with van der Waals surface area (Å²) in [4.78, 5) is 5.97. The maximum Gasteiger partial charge on any atom is 0.0954 e. The highest BCUT2D eigenvalue weighted by Crippen LogP contribution is 2.44. The average Bonchev–Trinajstić information content (AvgIpc) is 2.95. The molecule has 0 saturated heterocycles. The van der Waals surface area contributed by atoms with Gasteiger partial charge in [-0.15, -0.1) is 11.3 Å². The van der Waals surface area contributed by atoms with Crippen LogP contribution in [0, 0.1) is 0 Å². The van der Waals surface area contributed by atoms with Gasteiger partial charge in [-0.1, -0.05) is 0 Å². The van der Waals surface area contributed by atoms with Gasteiger partial charge in [0.15, 0.2) is 0 Å². The Hall–Kier alpha value is -0.450. The molecule has 3 nitrogen and oxygen atoms in total. The van der Waals surface area contributed by atoms with Gasteiger partial charge in [-0.05, 0) is 19.8 Å². The number of ether oxygens (including phenoxy) is 1. The molecule has 1 atom stereocenters. The van der Waals surface area contributed by atoms with E-state index in [4.69, 9.17) is 10.5 Å². The van der Waals surface area contributed by atoms with Gasteiger partial charge in [-0.3, -0.25) is 0 Å². The molecular weight excluding hydrogens is 208 g/mol. The minimum Gasteiger partial charge on any atom is -0.384 e. The summed E-state index contributed by atoms with van der Waals surface area (Å²) in [6.45, 7) is 2.79. The molecule has 2 rings (SSSR count). The fourth-order valence-corrected chi connectivity index (χ4v) is 2.75. The van der Waals surface area contributed by atoms with Crippen molar-refractivity contribution < 1.29 is 4.74 Å². The second-order valence-corrected chi connectivity index (χ2v) is 5.28. The zero-order valence-corrected chi connectivity index (χ0v) is 10.1. The van der Waals surface area contributed by atoms with E-state index in [-0.39, 0.29) is 6.04 Å². The molecule has 1 aliphatic rings. The third-order valence-corrected chi connectivity index (χ3v) is 3.95. The molecule has 1 aromatic rings. The van der Waals surface area contributed by atoms with E-state index >= 15 is 0 Å². The molecule has 0 spiro atoms. The van der Waals surface area contributed by atoms with Gasteiger partial charge in [0.1, 0.15) is 0 Å². The molecule has 1 heterocycles. The summed E-state index contributed by atoms with van der Waals surface area (Å²) in [6, 6.07) is 0.120. The van der Waals surface area contributed by atoms with Crippen LogP contribution in [0.2, 0.25) is 0 Å². The molecule has 0 amide bonds. The number of hydrogen-bond donors (Lipinski definition) is 1. The molecule has 1 saturated carbocycles. The van der Waals surface area contributed by atoms with E-state index in [0.29, 0.717) is 5.92 Å². The van der Waals surface area contributed by atoms with Crippen LogP contribution in [-0.4, -0.2) is 18.7 Å². The molecule has 0 bridgehead atoms. The lowest BCUT2D eigenvalue weighted by molar-refractivity contribution is 0.202. The Kier molecular flexibility index (Phi) is 3.38. The monoisotopic (exact) mass is 226 g/mol. The lowest BCUT2D eigenvalue weighted by Crippen LogP contribution is -2.05. The molecule has 0 radical (unpaired) electrons. The van der Waals surface area contributed by atoms with Crippen LogP contribution in [0.3, 0.4) is 0 Å². The van der Waals surface area contributed by atoms with Crippen LogP contribution in [0.25, 0.3) is 0 Å². The Balaban J connectivity index is 2.15. The number of methoxy groups -OCH3 is 1. The molecule has 1 aliphatic carbocycles. The van der Waals surface area contributed by atoms with Crippen molar-refractivity contribution >= 4 is 11.3 Å². The highest BCUT2D eigenvalue weighted by Gasteiger charge is 2.30. The van der Waals surface area contributed by atoms with Crippen LogP contribution >= 0.6 is 11.3 Å². The van der Waals surface area contributed by atoms with Crippen molar-refractivity contribution in [2.24, 2.45) is 5.73 Å². The summed E-state index contributed by atoms with van der Waals surface area (Å²) < 4.78 is 5.07. The van der Waals surface area contributed by atoms with Crippen LogP contribution in [0.4, 0.5) is 0 Å². The summed E-state index contributed by atoms with van der Waals surface area (Å²) in [7, 11) is 1.72. The maximum atomic E-state index is 5.96. The Labute approximate surface area is 94.7 Å². The second-order valence-electron chi connectivity index (χ2n) is 4.16. The van der Waals surface area contributed by atoms with Gasteiger partial charge in [0.25, 0.3) is 0 Å². The van der Waals surface area contributed by atoms with Crippen LogP contribution < -0.4 is 5.73 Å². The summed E-state index contributed by atoms with van der Waals surface area (Å²) in [5.74, 6) is 0.693. The lowest BCUT2D eigenvalue weighted by Gasteiger charge is -2.02. The predicted molar refractivity (Wildman–Crippen MR) is 62.3 cm³/mol. The van der Waals surface area contributed by atoms with Crippen molar-refractivity contribution in [2.75, 3.05) is 13.7 Å². The van der Waals surface area contributed by atoms with Crippen LogP contribution in [0.15, 0.2) is 0 Å². The SMILES string of the molecule is COCCc1nc(C2CC2)c(C(C)N)s1. The van der Waals surface area contributed by atoms with E-state index in [1.807, 2.05) is 6.92 Å². The molecule has 1 fully saturated rings. The third kappa shape index (κ3) is 2.56. The first-order chi connectivity index (χ1) is 7.22. The molecule has 15 heavy (non-hydrogen) atoms. The van der Waals surface area contributed by atoms with Gasteiger partial charge in [-0.2, -0.15) is 0 Å². The van der Waals surface area contributed by atoms with Gasteiger partial charge in [0.2, 0.25) is 0 Å². The minimum atomic E-state index is 0.120. The minimum absolute atomic E-state index is 0.120. The van der Waals surface area contributed by atoms with Crippen molar-refractivity contribution in [1.29, 1.82) is 0 Å². The van der Waals surface area contributed by atoms with Gasteiger partial charge >= 0.3 is 0 Å². The quantitative estimate of drug-likeness (QED) is 0.837. The van der Waals surface area contributed by atoms with E-state index in [1.165, 1.54) is 28.4 Å². The second kappa shape index (κ2) is 4.60. The number of thiazole rings is 1. The van der Waals surface area contributed by atoms with Crippen molar-refractivity contribution in [3.63, 3.8) is 0 Å². The van der Waals surface area contributed by atoms with E-state index in [9.17, 15) is 0 Å². The van der Waals surface area contributed by atoms with Crippen molar-refractivity contribution in [3.05, 3.63) is 15.6 Å². The lowest BCUT2D eigenvalue weighted by atomic mass is 10.2. The summed E-state index contributed by atoms with van der Waals surface area (Å²) in [5.41, 5.74) is 7.23. The highest BCUT2D eigenvalue weighted by atomic mass is 32.1. The summed E-state index contributed by atoms with van der Waals surface area (Å²) >= 11 is 1.76. The largest absolute Gasteiger partial charge is 0.384 e. The van der Waals surface area contributed by atoms with Crippen molar-refractivity contribution in [3.8, 4) is 0 Å². The summed E-state index contributed by atoms with van der Waals surface area (Å²) in [6.07, 6.45) is 3.48. The van der Waals surface area contributed by atoms with Crippen LogP contribution in [0.1, 0.15) is 47.3 Å². The van der Waals surface area contributed by atoms with Gasteiger partial charge in [0, 0.05) is 30.4 Å². The Bertz CT molecular complexity index is 312. The summed E-state index contributed by atoms with van der Waals surface area (Å²) in [5, 5.41) is 1.17. The fraction of sp³-hybridized carbons (Fsp3) is 0.727. The maximum absolute atomic E-state index is 5.96. The number of nitrogens with two attached hydrogens (primary N) is 1. The number of aromatic nitrogens is 1. The normalized spacial score (nSPS) is 18.1. The Morgan fingerprint density at radius 3 is 2.87 bits per heavy atom. The molecule has 0 aliphatic heterocycles. The Morgan fingerprint density at radius 2 is 2.33 bits per heavy atom. The van der Waals surface area contributed by atoms with Gasteiger partial charge in [-0.25, -0.2) is 4.98 Å². The van der Waals surface area contributed by atoms with Crippen molar-refractivity contribution in [1.82, 2.24) is 4.98 Å². The predicted octanol–water partition coefficient (Wildman–Crippen LogP) is 2.23. The molecule has 1 aromatic heterocycles. The molecule has 2 N–H and O–H groups in total. The Morgan fingerprint density at radius 1 is 1.60 bits per heavy atom. The average molecular weight is 226 g/mol. The van der Waals surface area contributed by atoms with Gasteiger partial charge < -0.3 is 10.5 Å². The smallest absolute Gasteiger partial charge is 0.0954 e. The van der Waals surface area contributed by atoms with Gasteiger partial charge in [0.05, 0.1) is 17.3 Å². The van der Waals surface area contributed by atoms with E-state index in [2.05, 4.69) is 4.98 Å². The standard InChI is InChI=1S/C11H18N2OS/c1-7(12)11-10(8-3-4-8)13-9(15-11)5-6-14-2/h7-8H,3-6,12H2,1-2H3. The molecular formula is C11H18N2OS. The number of nitrogens with zero attached hydrogens (tertiary/aromatic N) is 1. The highest BCUT2D eigenvalue weighted by molar-refractivity contribution is 7.11. The third-order valence-electron chi connectivity index (χ3n) is 2.62. The van der Waals surface area contributed by atoms with Crippen LogP contribution in [-0.2, 0) is 11.2 Å². The first-order valence-electron chi connectivity index (χ1n) is 5.46. The first-order valence-corrected chi connectivity index (χ1v) is 6.28. The zero-order chi connectivity index (χ0) is 10.8. The van der Waals surface area contributed by atoms with E-state index in [1.54, 1.807) is 18.4 Å². The van der Waals surface area contributed by atoms with E-state index in [0.717, 1.165) is 13.0 Å². The number of rotatable bonds is 5. The molecule has 84 valence electrons. The zero-order valence-electron chi connectivity index (χ0n) is 9.32. The number of hydrogen-bond acceptors (Lipinski definition) is 4. The molecule has 0 aromatic carbocycles. The van der Waals surface area contributed by atoms with Crippen LogP contribution in [0.5, 0.6) is 0 Å². The van der Waals surface area contributed by atoms with E-state index < -0.39 is 0 Å². The molecule has 4 heteroatoms. The fourth-order valence-electron chi connectivity index (χ4n) is 1.66. The van der Waals surface area contributed by atoms with Crippen molar-refractivity contribution in [2.45, 2.75) is 38.1 Å². The topological polar surface area (TPSA) is 48.1 Å². The first kappa shape index (κ1) is 11.0. The molecule has 1 unspecified atom stereocenters.